The highest BCUT2D eigenvalue weighted by molar-refractivity contribution is 7.80. The van der Waals surface area contributed by atoms with Gasteiger partial charge in [0.2, 0.25) is 5.91 Å². The van der Waals surface area contributed by atoms with E-state index in [2.05, 4.69) is 10.6 Å². The van der Waals surface area contributed by atoms with Crippen LogP contribution in [0, 0.1) is 0 Å². The molecule has 2 aromatic rings. The van der Waals surface area contributed by atoms with Crippen LogP contribution in [0.5, 0.6) is 0 Å². The number of anilines is 1. The molecule has 0 saturated carbocycles. The SMILES string of the molecule is CCOC(=O)c1cccc(NC(=S)NC(=O)/C=C/c2ccco2)c1. The molecule has 0 radical (unpaired) electrons. The fourth-order valence-corrected chi connectivity index (χ4v) is 2.02. The summed E-state index contributed by atoms with van der Waals surface area (Å²) in [7, 11) is 0. The highest BCUT2D eigenvalue weighted by Gasteiger charge is 2.08. The second-order valence-corrected chi connectivity index (χ2v) is 5.00. The minimum atomic E-state index is -0.419. The summed E-state index contributed by atoms with van der Waals surface area (Å²) in [4.78, 5) is 23.4. The van der Waals surface area contributed by atoms with Crippen LogP contribution in [0.25, 0.3) is 6.08 Å². The Balaban J connectivity index is 1.91. The molecular weight excluding hydrogens is 328 g/mol. The first-order valence-electron chi connectivity index (χ1n) is 7.19. The van der Waals surface area contributed by atoms with Gasteiger partial charge in [-0.15, -0.1) is 0 Å². The number of amides is 1. The Morgan fingerprint density at radius 2 is 2.12 bits per heavy atom. The number of carbonyl (C=O) groups is 2. The average Bonchev–Trinajstić information content (AvgIpc) is 3.07. The zero-order valence-electron chi connectivity index (χ0n) is 12.9. The summed E-state index contributed by atoms with van der Waals surface area (Å²) in [5.74, 6) is -0.255. The lowest BCUT2D eigenvalue weighted by molar-refractivity contribution is -0.115. The molecule has 0 aliphatic carbocycles. The van der Waals surface area contributed by atoms with Crippen molar-refractivity contribution in [1.29, 1.82) is 0 Å². The molecule has 6 nitrogen and oxygen atoms in total. The van der Waals surface area contributed by atoms with E-state index in [9.17, 15) is 9.59 Å². The third-order valence-electron chi connectivity index (χ3n) is 2.81. The van der Waals surface area contributed by atoms with Crippen molar-refractivity contribution in [2.24, 2.45) is 0 Å². The van der Waals surface area contributed by atoms with E-state index in [4.69, 9.17) is 21.4 Å². The van der Waals surface area contributed by atoms with Crippen LogP contribution in [0.3, 0.4) is 0 Å². The van der Waals surface area contributed by atoms with Gasteiger partial charge in [-0.2, -0.15) is 0 Å². The van der Waals surface area contributed by atoms with E-state index < -0.39 is 11.9 Å². The van der Waals surface area contributed by atoms with Crippen LogP contribution in [-0.2, 0) is 9.53 Å². The average molecular weight is 344 g/mol. The molecule has 0 aliphatic heterocycles. The number of hydrogen-bond acceptors (Lipinski definition) is 5. The zero-order valence-corrected chi connectivity index (χ0v) is 13.8. The highest BCUT2D eigenvalue weighted by Crippen LogP contribution is 2.11. The van der Waals surface area contributed by atoms with E-state index >= 15 is 0 Å². The Kier molecular flexibility index (Phi) is 6.27. The van der Waals surface area contributed by atoms with Crippen molar-refractivity contribution in [3.8, 4) is 0 Å². The van der Waals surface area contributed by atoms with Gasteiger partial charge in [0.1, 0.15) is 5.76 Å². The molecule has 24 heavy (non-hydrogen) atoms. The lowest BCUT2D eigenvalue weighted by atomic mass is 10.2. The van der Waals surface area contributed by atoms with Gasteiger partial charge in [-0.05, 0) is 55.5 Å². The summed E-state index contributed by atoms with van der Waals surface area (Å²) in [6.45, 7) is 2.04. The maximum absolute atomic E-state index is 11.8. The first-order valence-corrected chi connectivity index (χ1v) is 7.60. The van der Waals surface area contributed by atoms with Crippen molar-refractivity contribution in [2.45, 2.75) is 6.92 Å². The maximum Gasteiger partial charge on any atom is 0.338 e. The predicted molar refractivity (Wildman–Crippen MR) is 94.5 cm³/mol. The Morgan fingerprint density at radius 1 is 1.29 bits per heavy atom. The van der Waals surface area contributed by atoms with Crippen LogP contribution in [0.1, 0.15) is 23.0 Å². The summed E-state index contributed by atoms with van der Waals surface area (Å²) < 4.78 is 10.0. The molecule has 0 bridgehead atoms. The summed E-state index contributed by atoms with van der Waals surface area (Å²) in [6.07, 6.45) is 4.35. The Bertz CT molecular complexity index is 754. The quantitative estimate of drug-likeness (QED) is 0.493. The molecule has 0 aliphatic rings. The minimum absolute atomic E-state index is 0.116. The van der Waals surface area contributed by atoms with Gasteiger partial charge in [0.25, 0.3) is 0 Å². The number of esters is 1. The van der Waals surface area contributed by atoms with E-state index in [1.54, 1.807) is 43.3 Å². The fourth-order valence-electron chi connectivity index (χ4n) is 1.80. The van der Waals surface area contributed by atoms with Crippen molar-refractivity contribution in [1.82, 2.24) is 5.32 Å². The number of ether oxygens (including phenoxy) is 1. The summed E-state index contributed by atoms with van der Waals surface area (Å²) in [5, 5.41) is 5.46. The number of benzene rings is 1. The number of hydrogen-bond donors (Lipinski definition) is 2. The van der Waals surface area contributed by atoms with Gasteiger partial charge in [-0.25, -0.2) is 4.79 Å². The lowest BCUT2D eigenvalue weighted by Gasteiger charge is -2.09. The lowest BCUT2D eigenvalue weighted by Crippen LogP contribution is -2.32. The number of rotatable bonds is 5. The highest BCUT2D eigenvalue weighted by atomic mass is 32.1. The van der Waals surface area contributed by atoms with E-state index in [1.807, 2.05) is 0 Å². The third kappa shape index (κ3) is 5.36. The summed E-state index contributed by atoms with van der Waals surface area (Å²) in [5.41, 5.74) is 0.967. The predicted octanol–water partition coefficient (Wildman–Crippen LogP) is 2.98. The van der Waals surface area contributed by atoms with Gasteiger partial charge < -0.3 is 14.5 Å². The van der Waals surface area contributed by atoms with Gasteiger partial charge in [-0.1, -0.05) is 6.07 Å². The number of nitrogens with one attached hydrogen (secondary N) is 2. The Morgan fingerprint density at radius 3 is 2.83 bits per heavy atom. The van der Waals surface area contributed by atoms with Gasteiger partial charge in [0, 0.05) is 11.8 Å². The van der Waals surface area contributed by atoms with Gasteiger partial charge >= 0.3 is 5.97 Å². The molecule has 2 N–H and O–H groups in total. The number of furan rings is 1. The van der Waals surface area contributed by atoms with Crippen LogP contribution in [0.15, 0.2) is 53.2 Å². The van der Waals surface area contributed by atoms with E-state index in [1.165, 1.54) is 18.4 Å². The summed E-state index contributed by atoms with van der Waals surface area (Å²) in [6, 6.07) is 10.1. The normalized spacial score (nSPS) is 10.4. The van der Waals surface area contributed by atoms with Crippen LogP contribution >= 0.6 is 12.2 Å². The molecule has 124 valence electrons. The van der Waals surface area contributed by atoms with Crippen molar-refractivity contribution >= 4 is 41.0 Å². The maximum atomic E-state index is 11.8. The van der Waals surface area contributed by atoms with E-state index in [0.717, 1.165) is 0 Å². The van der Waals surface area contributed by atoms with Crippen molar-refractivity contribution in [3.05, 3.63) is 60.1 Å². The molecule has 0 fully saturated rings. The molecular formula is C17H16N2O4S. The smallest absolute Gasteiger partial charge is 0.338 e. The van der Waals surface area contributed by atoms with Crippen molar-refractivity contribution < 1.29 is 18.7 Å². The van der Waals surface area contributed by atoms with E-state index in [-0.39, 0.29) is 5.11 Å². The first kappa shape index (κ1) is 17.4. The zero-order chi connectivity index (χ0) is 17.4. The Labute approximate surface area is 144 Å². The molecule has 1 aromatic carbocycles. The number of thiocarbonyl (C=S) groups is 1. The van der Waals surface area contributed by atoms with Gasteiger partial charge in [0.15, 0.2) is 5.11 Å². The van der Waals surface area contributed by atoms with Crippen LogP contribution < -0.4 is 10.6 Å². The minimum Gasteiger partial charge on any atom is -0.465 e. The topological polar surface area (TPSA) is 80.6 Å². The first-order chi connectivity index (χ1) is 11.6. The molecule has 1 amide bonds. The van der Waals surface area contributed by atoms with E-state index in [0.29, 0.717) is 23.6 Å². The molecule has 1 aromatic heterocycles. The van der Waals surface area contributed by atoms with Crippen molar-refractivity contribution in [2.75, 3.05) is 11.9 Å². The molecule has 2 rings (SSSR count). The molecule has 0 saturated heterocycles. The second-order valence-electron chi connectivity index (χ2n) is 4.59. The van der Waals surface area contributed by atoms with Crippen LogP contribution in [0.2, 0.25) is 0 Å². The molecule has 0 unspecified atom stereocenters. The van der Waals surface area contributed by atoms with Crippen molar-refractivity contribution in [3.63, 3.8) is 0 Å². The van der Waals surface area contributed by atoms with Crippen LogP contribution in [0.4, 0.5) is 5.69 Å². The molecule has 1 heterocycles. The largest absolute Gasteiger partial charge is 0.465 e. The standard InChI is InChI=1S/C17H16N2O4S/c1-2-22-16(21)12-5-3-6-13(11-12)18-17(24)19-15(20)9-8-14-7-4-10-23-14/h3-11H,2H2,1H3,(H2,18,19,20,24)/b9-8+. The third-order valence-corrected chi connectivity index (χ3v) is 3.01. The summed E-state index contributed by atoms with van der Waals surface area (Å²) >= 11 is 5.07. The second kappa shape index (κ2) is 8.64. The molecule has 0 spiro atoms. The van der Waals surface area contributed by atoms with Crippen LogP contribution in [-0.4, -0.2) is 23.6 Å². The van der Waals surface area contributed by atoms with Gasteiger partial charge in [-0.3, -0.25) is 10.1 Å². The Hall–Kier alpha value is -2.93. The van der Waals surface area contributed by atoms with Gasteiger partial charge in [0.05, 0.1) is 18.4 Å². The molecule has 0 atom stereocenters. The molecule has 7 heteroatoms. The number of carbonyl (C=O) groups excluding carboxylic acids is 2. The monoisotopic (exact) mass is 344 g/mol. The fraction of sp³-hybridized carbons (Fsp3) is 0.118.